The molecule has 0 aliphatic carbocycles. The average Bonchev–Trinajstić information content (AvgIpc) is 2.69. The molecule has 1 nitrogen and oxygen atoms in total. The summed E-state index contributed by atoms with van der Waals surface area (Å²) in [7, 11) is 0. The van der Waals surface area contributed by atoms with Crippen LogP contribution in [0.15, 0.2) is 91.0 Å². The number of Topliss-reactive ketones (excluding diaryl/α,β-unsaturated/α-hetero) is 1. The molecule has 3 aromatic carbocycles. The summed E-state index contributed by atoms with van der Waals surface area (Å²) in [5.41, 5.74) is -0.333. The van der Waals surface area contributed by atoms with Gasteiger partial charge in [0.2, 0.25) is 0 Å². The number of hydrogen-bond acceptors (Lipinski definition) is 1. The van der Waals surface area contributed by atoms with Crippen LogP contribution in [-0.4, -0.2) is 11.4 Å². The first-order chi connectivity index (χ1) is 12.0. The summed E-state index contributed by atoms with van der Waals surface area (Å²) in [5.74, 6) is -3.38. The zero-order chi connectivity index (χ0) is 17.9. The Bertz CT molecular complexity index is 763. The summed E-state index contributed by atoms with van der Waals surface area (Å²) in [6.07, 6.45) is 0. The second kappa shape index (κ2) is 6.75. The zero-order valence-electron chi connectivity index (χ0n) is 14.5. The Balaban J connectivity index is 2.52. The minimum atomic E-state index is -3.48. The van der Waals surface area contributed by atoms with E-state index in [1.165, 1.54) is 0 Å². The number of carbonyl (C=O) groups is 1. The van der Waals surface area contributed by atoms with E-state index in [0.29, 0.717) is 0 Å². The predicted octanol–water partition coefficient (Wildman–Crippen LogP) is 4.65. The number of benzene rings is 3. The summed E-state index contributed by atoms with van der Waals surface area (Å²) >= 11 is 7.83. The van der Waals surface area contributed by atoms with E-state index in [2.05, 4.69) is 36.4 Å². The van der Waals surface area contributed by atoms with Crippen LogP contribution in [0.4, 0.5) is 0 Å². The fourth-order valence-corrected chi connectivity index (χ4v) is 10.2. The van der Waals surface area contributed by atoms with Gasteiger partial charge in [-0.15, -0.1) is 0 Å². The number of carbonyl (C=O) groups excluding carboxylic acids is 1. The summed E-state index contributed by atoms with van der Waals surface area (Å²) in [6, 6.07) is 30.3. The molecule has 3 rings (SSSR count). The quantitative estimate of drug-likeness (QED) is 0.599. The van der Waals surface area contributed by atoms with Crippen molar-refractivity contribution >= 4 is 38.9 Å². The minimum absolute atomic E-state index is 0.101. The van der Waals surface area contributed by atoms with Gasteiger partial charge >= 0.3 is 154 Å². The van der Waals surface area contributed by atoms with Gasteiger partial charge in [-0.2, -0.15) is 0 Å². The van der Waals surface area contributed by atoms with Crippen molar-refractivity contribution in [3.63, 3.8) is 0 Å². The molecule has 25 heavy (non-hydrogen) atoms. The van der Waals surface area contributed by atoms with Gasteiger partial charge in [0.1, 0.15) is 0 Å². The maximum atomic E-state index is 12.7. The van der Waals surface area contributed by atoms with Gasteiger partial charge in [-0.1, -0.05) is 0 Å². The van der Waals surface area contributed by atoms with Gasteiger partial charge in [0.05, 0.1) is 0 Å². The second-order valence-electron chi connectivity index (χ2n) is 6.37. The molecule has 0 N–H and O–H groups in total. The molecule has 0 spiro atoms. The first kappa shape index (κ1) is 17.9. The molecule has 1 unspecified atom stereocenters. The molecular formula is C22H22ClOP. The molecule has 0 aliphatic rings. The van der Waals surface area contributed by atoms with Crippen LogP contribution in [-0.2, 0) is 4.79 Å². The van der Waals surface area contributed by atoms with Gasteiger partial charge in [0.25, 0.3) is 0 Å². The Kier molecular flexibility index (Phi) is 4.82. The van der Waals surface area contributed by atoms with Crippen molar-refractivity contribution in [1.82, 2.24) is 0 Å². The number of rotatable bonds is 5. The first-order valence-corrected chi connectivity index (χ1v) is 11.6. The van der Waals surface area contributed by atoms with Crippen LogP contribution in [0.2, 0.25) is 0 Å². The Labute approximate surface area is 154 Å². The van der Waals surface area contributed by atoms with Gasteiger partial charge in [0, 0.05) is 0 Å². The summed E-state index contributed by atoms with van der Waals surface area (Å²) < 4.78 is 0. The fraction of sp³-hybridized carbons (Fsp3) is 0.136. The standard InChI is InChI=1S/C22H22ClOP/c1-18(24)19(2)25(23,20-12-6-3-7-13-20,21-14-8-4-9-15-21)22-16-10-5-11-17-22/h3-17,19H,1-2H3. The van der Waals surface area contributed by atoms with Crippen LogP contribution >= 0.6 is 17.2 Å². The van der Waals surface area contributed by atoms with Crippen molar-refractivity contribution in [2.45, 2.75) is 19.5 Å². The summed E-state index contributed by atoms with van der Waals surface area (Å²) in [5, 5.41) is 3.07. The molecule has 0 aromatic heterocycles. The van der Waals surface area contributed by atoms with E-state index < -0.39 is 5.96 Å². The molecule has 0 saturated heterocycles. The SMILES string of the molecule is CC(=O)C(C)P(Cl)(c1ccccc1)(c1ccccc1)c1ccccc1. The second-order valence-corrected chi connectivity index (χ2v) is 12.9. The Hall–Kier alpha value is -1.95. The third kappa shape index (κ3) is 2.63. The monoisotopic (exact) mass is 368 g/mol. The van der Waals surface area contributed by atoms with Crippen molar-refractivity contribution in [2.24, 2.45) is 0 Å². The van der Waals surface area contributed by atoms with E-state index in [1.54, 1.807) is 6.92 Å². The number of ketones is 1. The first-order valence-electron chi connectivity index (χ1n) is 8.40. The Morgan fingerprint density at radius 3 is 1.24 bits per heavy atom. The van der Waals surface area contributed by atoms with Crippen LogP contribution in [0.1, 0.15) is 13.8 Å². The number of halogens is 1. The van der Waals surface area contributed by atoms with Crippen molar-refractivity contribution in [1.29, 1.82) is 0 Å². The Morgan fingerprint density at radius 1 is 0.720 bits per heavy atom. The van der Waals surface area contributed by atoms with Gasteiger partial charge in [-0.3, -0.25) is 0 Å². The van der Waals surface area contributed by atoms with E-state index in [4.69, 9.17) is 11.2 Å². The molecule has 3 aromatic rings. The zero-order valence-corrected chi connectivity index (χ0v) is 16.1. The van der Waals surface area contributed by atoms with Crippen LogP contribution in [0.25, 0.3) is 0 Å². The van der Waals surface area contributed by atoms with Crippen molar-refractivity contribution in [3.8, 4) is 0 Å². The summed E-state index contributed by atoms with van der Waals surface area (Å²) in [4.78, 5) is 12.7. The van der Waals surface area contributed by atoms with Crippen molar-refractivity contribution in [2.75, 3.05) is 0 Å². The van der Waals surface area contributed by atoms with E-state index in [0.717, 1.165) is 15.9 Å². The van der Waals surface area contributed by atoms with Gasteiger partial charge in [-0.25, -0.2) is 0 Å². The van der Waals surface area contributed by atoms with E-state index in [-0.39, 0.29) is 11.4 Å². The van der Waals surface area contributed by atoms with E-state index >= 15 is 0 Å². The van der Waals surface area contributed by atoms with E-state index in [1.807, 2.05) is 61.5 Å². The molecule has 1 atom stereocenters. The molecule has 3 heteroatoms. The van der Waals surface area contributed by atoms with Crippen molar-refractivity contribution < 1.29 is 4.79 Å². The van der Waals surface area contributed by atoms with Gasteiger partial charge < -0.3 is 0 Å². The molecule has 0 radical (unpaired) electrons. The summed E-state index contributed by atoms with van der Waals surface area (Å²) in [6.45, 7) is 3.61. The Morgan fingerprint density at radius 2 is 1.00 bits per heavy atom. The molecule has 0 fully saturated rings. The molecular weight excluding hydrogens is 347 g/mol. The van der Waals surface area contributed by atoms with Crippen LogP contribution < -0.4 is 15.9 Å². The molecule has 0 amide bonds. The molecule has 0 saturated carbocycles. The normalized spacial score (nSPS) is 14.3. The topological polar surface area (TPSA) is 17.1 Å². The van der Waals surface area contributed by atoms with Crippen LogP contribution in [0.3, 0.4) is 0 Å². The third-order valence-electron chi connectivity index (χ3n) is 5.10. The van der Waals surface area contributed by atoms with E-state index in [9.17, 15) is 4.79 Å². The molecule has 128 valence electrons. The number of hydrogen-bond donors (Lipinski definition) is 0. The third-order valence-corrected chi connectivity index (χ3v) is 13.5. The molecule has 0 heterocycles. The van der Waals surface area contributed by atoms with Gasteiger partial charge in [0.15, 0.2) is 0 Å². The van der Waals surface area contributed by atoms with Crippen LogP contribution in [0, 0.1) is 0 Å². The average molecular weight is 369 g/mol. The van der Waals surface area contributed by atoms with Crippen molar-refractivity contribution in [3.05, 3.63) is 91.0 Å². The fourth-order valence-electron chi connectivity index (χ4n) is 3.62. The molecule has 0 bridgehead atoms. The predicted molar refractivity (Wildman–Crippen MR) is 111 cm³/mol. The molecule has 0 aliphatic heterocycles. The maximum absolute atomic E-state index is 12.7. The van der Waals surface area contributed by atoms with Crippen LogP contribution in [0.5, 0.6) is 0 Å². The van der Waals surface area contributed by atoms with Gasteiger partial charge in [-0.05, 0) is 0 Å².